The number of likely N-dealkylation sites (tertiary alicyclic amines) is 2. The maximum atomic E-state index is 12.6. The predicted octanol–water partition coefficient (Wildman–Crippen LogP) is 1.36. The highest BCUT2D eigenvalue weighted by Gasteiger charge is 2.48. The fourth-order valence-corrected chi connectivity index (χ4v) is 3.60. The molecule has 0 radical (unpaired) electrons. The average molecular weight is 266 g/mol. The summed E-state index contributed by atoms with van der Waals surface area (Å²) in [6.45, 7) is 5.89. The number of carbonyl (C=O) groups is 1. The third-order valence-corrected chi connectivity index (χ3v) is 5.19. The molecule has 19 heavy (non-hydrogen) atoms. The van der Waals surface area contributed by atoms with Gasteiger partial charge >= 0.3 is 0 Å². The molecule has 2 aliphatic heterocycles. The molecule has 0 unspecified atom stereocenters. The van der Waals surface area contributed by atoms with Gasteiger partial charge in [-0.05, 0) is 51.1 Å². The molecule has 0 N–H and O–H groups in total. The van der Waals surface area contributed by atoms with Crippen molar-refractivity contribution in [1.82, 2.24) is 9.80 Å². The lowest BCUT2D eigenvalue weighted by Crippen LogP contribution is -2.45. The number of nitrogens with zero attached hydrogens (tertiary/aromatic N) is 2. The molecule has 3 fully saturated rings. The van der Waals surface area contributed by atoms with Gasteiger partial charge in [-0.2, -0.15) is 0 Å². The van der Waals surface area contributed by atoms with Gasteiger partial charge in [-0.3, -0.25) is 4.79 Å². The van der Waals surface area contributed by atoms with E-state index in [1.54, 1.807) is 7.11 Å². The standard InChI is InChI=1S/C15H26N2O2/c1-19-11-10-17-9-6-15(14(17)18)4-7-16(8-5-15)12-13-2-3-13/h13H,2-12H2,1H3. The maximum absolute atomic E-state index is 12.6. The van der Waals surface area contributed by atoms with Crippen LogP contribution >= 0.6 is 0 Å². The van der Waals surface area contributed by atoms with Crippen molar-refractivity contribution >= 4 is 5.91 Å². The van der Waals surface area contributed by atoms with Crippen LogP contribution in [0.4, 0.5) is 0 Å². The normalized spacial score (nSPS) is 27.4. The van der Waals surface area contributed by atoms with E-state index in [0.717, 1.165) is 51.4 Å². The van der Waals surface area contributed by atoms with E-state index in [9.17, 15) is 4.79 Å². The van der Waals surface area contributed by atoms with Crippen molar-refractivity contribution in [2.45, 2.75) is 32.1 Å². The fraction of sp³-hybridized carbons (Fsp3) is 0.933. The Morgan fingerprint density at radius 2 is 1.89 bits per heavy atom. The summed E-state index contributed by atoms with van der Waals surface area (Å²) in [7, 11) is 1.70. The Morgan fingerprint density at radius 1 is 1.21 bits per heavy atom. The first-order chi connectivity index (χ1) is 9.23. The molecular weight excluding hydrogens is 240 g/mol. The topological polar surface area (TPSA) is 32.8 Å². The Balaban J connectivity index is 1.52. The van der Waals surface area contributed by atoms with Crippen molar-refractivity contribution in [3.63, 3.8) is 0 Å². The van der Waals surface area contributed by atoms with E-state index in [1.807, 2.05) is 4.90 Å². The summed E-state index contributed by atoms with van der Waals surface area (Å²) in [4.78, 5) is 17.2. The Bertz CT molecular complexity index is 333. The van der Waals surface area contributed by atoms with Crippen molar-refractivity contribution in [3.8, 4) is 0 Å². The van der Waals surface area contributed by atoms with E-state index in [2.05, 4.69) is 4.90 Å². The molecular formula is C15H26N2O2. The van der Waals surface area contributed by atoms with Crippen LogP contribution in [0.2, 0.25) is 0 Å². The second kappa shape index (κ2) is 5.41. The van der Waals surface area contributed by atoms with E-state index in [4.69, 9.17) is 4.74 Å². The molecule has 4 heteroatoms. The highest BCUT2D eigenvalue weighted by Crippen LogP contribution is 2.42. The molecule has 2 saturated heterocycles. The van der Waals surface area contributed by atoms with Gasteiger partial charge in [-0.15, -0.1) is 0 Å². The molecule has 1 saturated carbocycles. The molecule has 2 heterocycles. The lowest BCUT2D eigenvalue weighted by Gasteiger charge is -2.38. The number of ether oxygens (including phenoxy) is 1. The number of methoxy groups -OCH3 is 1. The van der Waals surface area contributed by atoms with Crippen molar-refractivity contribution in [3.05, 3.63) is 0 Å². The molecule has 108 valence electrons. The van der Waals surface area contributed by atoms with Gasteiger partial charge in [0.1, 0.15) is 0 Å². The average Bonchev–Trinajstić information content (AvgIpc) is 3.19. The van der Waals surface area contributed by atoms with Crippen LogP contribution in [0.15, 0.2) is 0 Å². The smallest absolute Gasteiger partial charge is 0.229 e. The predicted molar refractivity (Wildman–Crippen MR) is 73.9 cm³/mol. The zero-order valence-corrected chi connectivity index (χ0v) is 12.1. The lowest BCUT2D eigenvalue weighted by molar-refractivity contribution is -0.138. The van der Waals surface area contributed by atoms with E-state index < -0.39 is 0 Å². The Morgan fingerprint density at radius 3 is 2.53 bits per heavy atom. The van der Waals surface area contributed by atoms with Gasteiger partial charge in [0.15, 0.2) is 0 Å². The van der Waals surface area contributed by atoms with Crippen LogP contribution in [0.5, 0.6) is 0 Å². The third kappa shape index (κ3) is 2.79. The van der Waals surface area contributed by atoms with Crippen LogP contribution in [0.3, 0.4) is 0 Å². The minimum atomic E-state index is -0.0200. The van der Waals surface area contributed by atoms with E-state index in [-0.39, 0.29) is 5.41 Å². The zero-order valence-electron chi connectivity index (χ0n) is 12.1. The molecule has 0 aromatic rings. The maximum Gasteiger partial charge on any atom is 0.229 e. The first-order valence-electron chi connectivity index (χ1n) is 7.74. The second-order valence-electron chi connectivity index (χ2n) is 6.56. The highest BCUT2D eigenvalue weighted by molar-refractivity contribution is 5.85. The molecule has 1 spiro atoms. The molecule has 3 rings (SSSR count). The van der Waals surface area contributed by atoms with E-state index >= 15 is 0 Å². The summed E-state index contributed by atoms with van der Waals surface area (Å²) < 4.78 is 5.09. The van der Waals surface area contributed by atoms with Crippen molar-refractivity contribution in [2.75, 3.05) is 46.4 Å². The summed E-state index contributed by atoms with van der Waals surface area (Å²) in [5, 5.41) is 0. The molecule has 0 aromatic carbocycles. The molecule has 1 aliphatic carbocycles. The highest BCUT2D eigenvalue weighted by atomic mass is 16.5. The van der Waals surface area contributed by atoms with Crippen LogP contribution in [0.1, 0.15) is 32.1 Å². The van der Waals surface area contributed by atoms with Crippen molar-refractivity contribution in [2.24, 2.45) is 11.3 Å². The van der Waals surface area contributed by atoms with Gasteiger partial charge in [0, 0.05) is 26.7 Å². The summed E-state index contributed by atoms with van der Waals surface area (Å²) in [6.07, 6.45) is 6.05. The molecule has 0 atom stereocenters. The van der Waals surface area contributed by atoms with Crippen molar-refractivity contribution in [1.29, 1.82) is 0 Å². The molecule has 4 nitrogen and oxygen atoms in total. The third-order valence-electron chi connectivity index (χ3n) is 5.19. The number of carbonyl (C=O) groups excluding carboxylic acids is 1. The summed E-state index contributed by atoms with van der Waals surface area (Å²) in [6, 6.07) is 0. The van der Waals surface area contributed by atoms with Gasteiger partial charge in [-0.25, -0.2) is 0 Å². The number of hydrogen-bond acceptors (Lipinski definition) is 3. The van der Waals surface area contributed by atoms with Gasteiger partial charge in [0.2, 0.25) is 5.91 Å². The van der Waals surface area contributed by atoms with Gasteiger partial charge in [0.25, 0.3) is 0 Å². The molecule has 1 amide bonds. The van der Waals surface area contributed by atoms with Gasteiger partial charge < -0.3 is 14.5 Å². The Labute approximate surface area is 116 Å². The van der Waals surface area contributed by atoms with E-state index in [1.165, 1.54) is 19.4 Å². The largest absolute Gasteiger partial charge is 0.383 e. The van der Waals surface area contributed by atoms with Crippen LogP contribution < -0.4 is 0 Å². The van der Waals surface area contributed by atoms with Crippen LogP contribution in [-0.2, 0) is 9.53 Å². The fourth-order valence-electron chi connectivity index (χ4n) is 3.60. The quantitative estimate of drug-likeness (QED) is 0.753. The first-order valence-corrected chi connectivity index (χ1v) is 7.74. The molecule has 3 aliphatic rings. The zero-order chi connectivity index (χ0) is 13.3. The monoisotopic (exact) mass is 266 g/mol. The number of hydrogen-bond donors (Lipinski definition) is 0. The van der Waals surface area contributed by atoms with E-state index in [0.29, 0.717) is 12.5 Å². The Hall–Kier alpha value is -0.610. The lowest BCUT2D eigenvalue weighted by atomic mass is 9.77. The SMILES string of the molecule is COCCN1CCC2(CCN(CC3CC3)CC2)C1=O. The van der Waals surface area contributed by atoms with Gasteiger partial charge in [0.05, 0.1) is 12.0 Å². The number of piperidine rings is 1. The van der Waals surface area contributed by atoms with Crippen molar-refractivity contribution < 1.29 is 9.53 Å². The van der Waals surface area contributed by atoms with Crippen LogP contribution in [0, 0.1) is 11.3 Å². The minimum absolute atomic E-state index is 0.0200. The van der Waals surface area contributed by atoms with Crippen LogP contribution in [-0.4, -0.2) is 62.1 Å². The number of rotatable bonds is 5. The Kier molecular flexibility index (Phi) is 3.81. The molecule has 0 aromatic heterocycles. The summed E-state index contributed by atoms with van der Waals surface area (Å²) >= 11 is 0. The summed E-state index contributed by atoms with van der Waals surface area (Å²) in [5.41, 5.74) is -0.0200. The first kappa shape index (κ1) is 13.4. The van der Waals surface area contributed by atoms with Gasteiger partial charge in [-0.1, -0.05) is 0 Å². The van der Waals surface area contributed by atoms with Crippen LogP contribution in [0.25, 0.3) is 0 Å². The summed E-state index contributed by atoms with van der Waals surface area (Å²) in [5.74, 6) is 1.36. The minimum Gasteiger partial charge on any atom is -0.383 e. The second-order valence-corrected chi connectivity index (χ2v) is 6.56. The number of amides is 1. The molecule has 0 bridgehead atoms.